The predicted molar refractivity (Wildman–Crippen MR) is 20.6 cm³/mol. The van der Waals surface area contributed by atoms with Crippen molar-refractivity contribution in [1.29, 1.82) is 0 Å². The molecular formula is C4H5FO. The first-order valence-corrected chi connectivity index (χ1v) is 1.56. The molecule has 1 nitrogen and oxygen atoms in total. The average molecular weight is 88.1 g/mol. The summed E-state index contributed by atoms with van der Waals surface area (Å²) in [5, 5.41) is 8.14. The van der Waals surface area contributed by atoms with E-state index in [9.17, 15) is 4.39 Å². The lowest BCUT2D eigenvalue weighted by atomic mass is 10.4. The van der Waals surface area contributed by atoms with Crippen molar-refractivity contribution in [3.8, 4) is 12.1 Å². The molecule has 0 fully saturated rings. The highest BCUT2D eigenvalue weighted by Gasteiger charge is 1.78. The van der Waals surface area contributed by atoms with Gasteiger partial charge in [-0.1, -0.05) is 0 Å². The molecule has 1 atom stereocenters. The Hall–Kier alpha value is -0.550. The monoisotopic (exact) mass is 88.0 g/mol. The standard InChI is InChI=1S/C4H5FO/c1-4(6)2-3-5/h4,6H,1H3. The Morgan fingerprint density at radius 3 is 2.33 bits per heavy atom. The van der Waals surface area contributed by atoms with Crippen molar-refractivity contribution in [1.82, 2.24) is 0 Å². The molecule has 0 radical (unpaired) electrons. The Balaban J connectivity index is 3.20. The van der Waals surface area contributed by atoms with Gasteiger partial charge in [-0.05, 0) is 12.8 Å². The summed E-state index contributed by atoms with van der Waals surface area (Å²) in [6, 6.07) is 0. The van der Waals surface area contributed by atoms with Crippen LogP contribution in [-0.2, 0) is 0 Å². The Bertz CT molecular complexity index is 77.3. The largest absolute Gasteiger partial charge is 0.381 e. The van der Waals surface area contributed by atoms with E-state index < -0.39 is 6.10 Å². The molecule has 34 valence electrons. The Morgan fingerprint density at radius 1 is 1.83 bits per heavy atom. The maximum Gasteiger partial charge on any atom is 0.114 e. The first-order valence-electron chi connectivity index (χ1n) is 1.56. The van der Waals surface area contributed by atoms with E-state index in [0.29, 0.717) is 0 Å². The van der Waals surface area contributed by atoms with Gasteiger partial charge in [-0.2, -0.15) is 0 Å². The van der Waals surface area contributed by atoms with Crippen molar-refractivity contribution >= 4 is 0 Å². The van der Waals surface area contributed by atoms with E-state index in [-0.39, 0.29) is 0 Å². The molecular weight excluding hydrogens is 83.0 g/mol. The van der Waals surface area contributed by atoms with Gasteiger partial charge in [-0.25, -0.2) is 0 Å². The summed E-state index contributed by atoms with van der Waals surface area (Å²) < 4.78 is 10.7. The molecule has 0 aliphatic heterocycles. The zero-order chi connectivity index (χ0) is 4.99. The van der Waals surface area contributed by atoms with Gasteiger partial charge in [0.15, 0.2) is 0 Å². The summed E-state index contributed by atoms with van der Waals surface area (Å²) in [5.74, 6) is 1.85. The molecule has 6 heavy (non-hydrogen) atoms. The third kappa shape index (κ3) is 3.45. The fourth-order valence-electron chi connectivity index (χ4n) is 0.0790. The van der Waals surface area contributed by atoms with E-state index >= 15 is 0 Å². The Morgan fingerprint density at radius 2 is 2.33 bits per heavy atom. The normalized spacial score (nSPS) is 11.8. The van der Waals surface area contributed by atoms with E-state index in [4.69, 9.17) is 5.11 Å². The van der Waals surface area contributed by atoms with Crippen molar-refractivity contribution in [2.45, 2.75) is 13.0 Å². The summed E-state index contributed by atoms with van der Waals surface area (Å²) in [7, 11) is 0. The minimum Gasteiger partial charge on any atom is -0.381 e. The smallest absolute Gasteiger partial charge is 0.114 e. The molecule has 1 unspecified atom stereocenters. The molecule has 0 bridgehead atoms. The van der Waals surface area contributed by atoms with Gasteiger partial charge in [0.1, 0.15) is 12.3 Å². The minimum atomic E-state index is -0.838. The van der Waals surface area contributed by atoms with Gasteiger partial charge in [0, 0.05) is 0 Å². The van der Waals surface area contributed by atoms with Crippen LogP contribution in [0.5, 0.6) is 0 Å². The second-order valence-electron chi connectivity index (χ2n) is 0.915. The van der Waals surface area contributed by atoms with Gasteiger partial charge in [0.25, 0.3) is 0 Å². The van der Waals surface area contributed by atoms with E-state index in [1.165, 1.54) is 6.92 Å². The third-order valence-electron chi connectivity index (χ3n) is 0.263. The molecule has 0 rings (SSSR count). The molecule has 2 heteroatoms. The molecule has 0 aromatic heterocycles. The van der Waals surface area contributed by atoms with Gasteiger partial charge in [0.05, 0.1) is 0 Å². The maximum absolute atomic E-state index is 10.7. The van der Waals surface area contributed by atoms with Crippen LogP contribution in [-0.4, -0.2) is 11.2 Å². The summed E-state index contributed by atoms with van der Waals surface area (Å²) in [4.78, 5) is 0. The highest BCUT2D eigenvalue weighted by Crippen LogP contribution is 1.70. The van der Waals surface area contributed by atoms with Crippen LogP contribution in [0.25, 0.3) is 0 Å². The second-order valence-corrected chi connectivity index (χ2v) is 0.915. The van der Waals surface area contributed by atoms with Crippen LogP contribution in [0.3, 0.4) is 0 Å². The number of aliphatic hydroxyl groups is 1. The van der Waals surface area contributed by atoms with Crippen LogP contribution >= 0.6 is 0 Å². The number of hydrogen-bond acceptors (Lipinski definition) is 1. The van der Waals surface area contributed by atoms with E-state index in [2.05, 4.69) is 0 Å². The zero-order valence-corrected chi connectivity index (χ0v) is 3.40. The van der Waals surface area contributed by atoms with Crippen molar-refractivity contribution in [2.24, 2.45) is 0 Å². The van der Waals surface area contributed by atoms with Crippen molar-refractivity contribution < 1.29 is 9.50 Å². The number of hydrogen-bond donors (Lipinski definition) is 1. The van der Waals surface area contributed by atoms with Crippen molar-refractivity contribution in [2.75, 3.05) is 0 Å². The first-order chi connectivity index (χ1) is 2.77. The van der Waals surface area contributed by atoms with Crippen LogP contribution in [0, 0.1) is 12.1 Å². The van der Waals surface area contributed by atoms with Crippen LogP contribution in [0.1, 0.15) is 6.92 Å². The minimum absolute atomic E-state index is 0.838. The number of aliphatic hydroxyl groups excluding tert-OH is 1. The van der Waals surface area contributed by atoms with Crippen LogP contribution in [0.4, 0.5) is 4.39 Å². The van der Waals surface area contributed by atoms with Gasteiger partial charge in [0.2, 0.25) is 0 Å². The number of rotatable bonds is 0. The lowest BCUT2D eigenvalue weighted by Crippen LogP contribution is -1.90. The zero-order valence-electron chi connectivity index (χ0n) is 3.40. The van der Waals surface area contributed by atoms with Gasteiger partial charge in [-0.15, -0.1) is 4.39 Å². The summed E-state index contributed by atoms with van der Waals surface area (Å²) in [6.45, 7) is 1.40. The molecule has 0 saturated carbocycles. The number of halogens is 1. The van der Waals surface area contributed by atoms with E-state index in [1.807, 2.05) is 5.92 Å². The highest BCUT2D eigenvalue weighted by atomic mass is 19.1. The van der Waals surface area contributed by atoms with Crippen molar-refractivity contribution in [3.05, 3.63) is 0 Å². The molecule has 0 aromatic rings. The molecule has 0 spiro atoms. The van der Waals surface area contributed by atoms with Crippen LogP contribution in [0.2, 0.25) is 0 Å². The molecule has 1 N–H and O–H groups in total. The SMILES string of the molecule is CC(O)C#CF. The topological polar surface area (TPSA) is 20.2 Å². The third-order valence-corrected chi connectivity index (χ3v) is 0.263. The molecule has 0 aliphatic rings. The summed E-state index contributed by atoms with van der Waals surface area (Å²) in [5.41, 5.74) is 0. The van der Waals surface area contributed by atoms with Gasteiger partial charge in [-0.3, -0.25) is 0 Å². The van der Waals surface area contributed by atoms with Crippen LogP contribution in [0.15, 0.2) is 0 Å². The first kappa shape index (κ1) is 5.45. The predicted octanol–water partition coefficient (Wildman–Crippen LogP) is 0.298. The fourth-order valence-corrected chi connectivity index (χ4v) is 0.0790. The van der Waals surface area contributed by atoms with Crippen LogP contribution < -0.4 is 0 Å². The van der Waals surface area contributed by atoms with Crippen molar-refractivity contribution in [3.63, 3.8) is 0 Å². The lowest BCUT2D eigenvalue weighted by Gasteiger charge is -1.81. The lowest BCUT2D eigenvalue weighted by molar-refractivity contribution is 0.253. The average Bonchev–Trinajstić information content (AvgIpc) is 1.35. The molecule has 0 saturated heterocycles. The van der Waals surface area contributed by atoms with E-state index in [0.717, 1.165) is 6.17 Å². The summed E-state index contributed by atoms with van der Waals surface area (Å²) >= 11 is 0. The molecule has 0 aliphatic carbocycles. The fraction of sp³-hybridized carbons (Fsp3) is 0.500. The van der Waals surface area contributed by atoms with Gasteiger partial charge >= 0.3 is 0 Å². The highest BCUT2D eigenvalue weighted by molar-refractivity contribution is 4.95. The molecule has 0 heterocycles. The second kappa shape index (κ2) is 2.67. The molecule has 0 aromatic carbocycles. The van der Waals surface area contributed by atoms with Gasteiger partial charge < -0.3 is 5.11 Å². The quantitative estimate of drug-likeness (QED) is 0.422. The maximum atomic E-state index is 10.7. The van der Waals surface area contributed by atoms with E-state index in [1.54, 1.807) is 0 Å². The molecule has 0 amide bonds. The summed E-state index contributed by atoms with van der Waals surface area (Å²) in [6.07, 6.45) is 0.229. The Kier molecular flexibility index (Phi) is 2.43. The Labute approximate surface area is 35.8 Å².